The van der Waals surface area contributed by atoms with Crippen LogP contribution < -0.4 is 21.7 Å². The summed E-state index contributed by atoms with van der Waals surface area (Å²) in [6.45, 7) is 1.99. The maximum Gasteiger partial charge on any atom is 0.490 e. The minimum atomic E-state index is -5.29. The predicted octanol–water partition coefficient (Wildman–Crippen LogP) is 3.95. The molecule has 2 fully saturated rings. The first kappa shape index (κ1) is 32.4. The average Bonchev–Trinajstić information content (AvgIpc) is 3.60. The second-order valence-corrected chi connectivity index (χ2v) is 12.2. The Morgan fingerprint density at radius 2 is 1.83 bits per heavy atom. The van der Waals surface area contributed by atoms with Crippen LogP contribution in [0, 0.1) is 0 Å². The monoisotopic (exact) mass is 654 g/mol. The number of hydrogen-bond acceptors (Lipinski definition) is 10. The minimum Gasteiger partial charge on any atom is -0.451 e. The SMILES string of the molecule is CCC(=O)N[C@H]1C[C@@H](n2cnc3c(NCc4cccc5ccccc45)nc(NC4CCC(N)CC4)nc32)[C@H](OC(=O)C(F)(F)F)[C@@H]1O. The van der Waals surface area contributed by atoms with E-state index in [0.717, 1.165) is 42.0 Å². The smallest absolute Gasteiger partial charge is 0.451 e. The van der Waals surface area contributed by atoms with Gasteiger partial charge in [0.1, 0.15) is 6.10 Å². The lowest BCUT2D eigenvalue weighted by molar-refractivity contribution is -0.209. The lowest BCUT2D eigenvalue weighted by Crippen LogP contribution is -2.45. The number of fused-ring (bicyclic) bond motifs is 2. The second kappa shape index (κ2) is 13.3. The van der Waals surface area contributed by atoms with Crippen LogP contribution in [0.1, 0.15) is 57.1 Å². The van der Waals surface area contributed by atoms with Crippen LogP contribution in [0.4, 0.5) is 24.9 Å². The maximum absolute atomic E-state index is 13.3. The van der Waals surface area contributed by atoms with Crippen LogP contribution in [-0.2, 0) is 20.9 Å². The number of nitrogens with one attached hydrogen (secondary N) is 3. The summed E-state index contributed by atoms with van der Waals surface area (Å²) in [4.78, 5) is 38.2. The van der Waals surface area contributed by atoms with E-state index in [4.69, 9.17) is 20.4 Å². The fourth-order valence-electron chi connectivity index (χ4n) is 6.47. The molecule has 0 bridgehead atoms. The molecular formula is C32H37F3N8O4. The summed E-state index contributed by atoms with van der Waals surface area (Å²) in [5.74, 6) is -2.19. The molecule has 0 spiro atoms. The largest absolute Gasteiger partial charge is 0.490 e. The Hall–Kier alpha value is -4.50. The Kier molecular flexibility index (Phi) is 9.19. The number of amides is 1. The molecule has 2 heterocycles. The van der Waals surface area contributed by atoms with Crippen molar-refractivity contribution in [1.82, 2.24) is 24.8 Å². The van der Waals surface area contributed by atoms with E-state index < -0.39 is 42.3 Å². The Labute approximate surface area is 268 Å². The van der Waals surface area contributed by atoms with Gasteiger partial charge < -0.3 is 36.1 Å². The first-order valence-electron chi connectivity index (χ1n) is 15.7. The molecule has 250 valence electrons. The molecule has 6 N–H and O–H groups in total. The second-order valence-electron chi connectivity index (χ2n) is 12.2. The molecule has 2 saturated carbocycles. The number of halogens is 3. The summed E-state index contributed by atoms with van der Waals surface area (Å²) >= 11 is 0. The number of esters is 1. The summed E-state index contributed by atoms with van der Waals surface area (Å²) in [6.07, 6.45) is -3.84. The minimum absolute atomic E-state index is 0.0415. The Balaban J connectivity index is 1.38. The number of alkyl halides is 3. The zero-order valence-electron chi connectivity index (χ0n) is 25.7. The maximum atomic E-state index is 13.3. The van der Waals surface area contributed by atoms with Gasteiger partial charge in [0.15, 0.2) is 23.1 Å². The van der Waals surface area contributed by atoms with Crippen LogP contribution in [0.15, 0.2) is 48.8 Å². The highest BCUT2D eigenvalue weighted by molar-refractivity contribution is 5.87. The lowest BCUT2D eigenvalue weighted by atomic mass is 9.92. The fourth-order valence-corrected chi connectivity index (χ4v) is 6.47. The first-order chi connectivity index (χ1) is 22.5. The first-order valence-corrected chi connectivity index (χ1v) is 15.7. The van der Waals surface area contributed by atoms with Gasteiger partial charge in [0.25, 0.3) is 0 Å². The number of aromatic nitrogens is 4. The summed E-state index contributed by atoms with van der Waals surface area (Å²) in [7, 11) is 0. The van der Waals surface area contributed by atoms with E-state index in [1.165, 1.54) is 10.9 Å². The number of aliphatic hydroxyl groups excluding tert-OH is 1. The van der Waals surface area contributed by atoms with E-state index in [2.05, 4.69) is 20.9 Å². The number of anilines is 2. The number of imidazole rings is 1. The molecule has 0 saturated heterocycles. The lowest BCUT2D eigenvalue weighted by Gasteiger charge is -2.27. The summed E-state index contributed by atoms with van der Waals surface area (Å²) in [5.41, 5.74) is 7.70. The molecule has 2 aromatic carbocycles. The Morgan fingerprint density at radius 1 is 1.09 bits per heavy atom. The molecule has 4 aromatic rings. The average molecular weight is 655 g/mol. The molecule has 47 heavy (non-hydrogen) atoms. The van der Waals surface area contributed by atoms with E-state index in [1.807, 2.05) is 42.5 Å². The van der Waals surface area contributed by atoms with Gasteiger partial charge in [0, 0.05) is 25.0 Å². The Morgan fingerprint density at radius 3 is 2.57 bits per heavy atom. The van der Waals surface area contributed by atoms with Crippen LogP contribution in [0.2, 0.25) is 0 Å². The standard InChI is InChI=1S/C32H37F3N8O4/c1-2-24(44)40-22-14-23(27(26(22)45)47-30(46)32(33,34)35)43-16-38-25-28(37-15-18-8-5-7-17-6-3-4-9-21(17)18)41-31(42-29(25)43)39-20-12-10-19(36)11-13-20/h3-9,16,19-20,22-23,26-27,45H,2,10-15,36H2,1H3,(H,40,44)(H2,37,39,41,42)/t19?,20?,22-,23+,26+,27-/m0/s1. The third kappa shape index (κ3) is 6.95. The molecule has 0 aliphatic heterocycles. The molecule has 2 aliphatic rings. The van der Waals surface area contributed by atoms with Gasteiger partial charge in [0.05, 0.1) is 18.4 Å². The van der Waals surface area contributed by atoms with E-state index in [-0.39, 0.29) is 36.5 Å². The summed E-state index contributed by atoms with van der Waals surface area (Å²) in [6, 6.07) is 12.1. The number of hydrogen-bond donors (Lipinski definition) is 5. The highest BCUT2D eigenvalue weighted by Gasteiger charge is 2.51. The van der Waals surface area contributed by atoms with Crippen LogP contribution in [0.3, 0.4) is 0 Å². The van der Waals surface area contributed by atoms with Crippen molar-refractivity contribution in [3.05, 3.63) is 54.4 Å². The van der Waals surface area contributed by atoms with Crippen LogP contribution in [-0.4, -0.2) is 73.0 Å². The molecule has 0 unspecified atom stereocenters. The topological polar surface area (TPSA) is 169 Å². The predicted molar refractivity (Wildman–Crippen MR) is 168 cm³/mol. The van der Waals surface area contributed by atoms with Crippen LogP contribution >= 0.6 is 0 Å². The van der Waals surface area contributed by atoms with Gasteiger partial charge >= 0.3 is 12.1 Å². The number of carbonyl (C=O) groups is 2. The number of nitrogens with zero attached hydrogens (tertiary/aromatic N) is 4. The molecule has 0 radical (unpaired) electrons. The zero-order chi connectivity index (χ0) is 33.3. The number of benzene rings is 2. The number of ether oxygens (including phenoxy) is 1. The molecule has 6 rings (SSSR count). The Bertz CT molecular complexity index is 1750. The van der Waals surface area contributed by atoms with E-state index in [0.29, 0.717) is 17.9 Å². The van der Waals surface area contributed by atoms with Crippen molar-refractivity contribution >= 4 is 45.6 Å². The normalized spacial score (nSPS) is 24.7. The number of rotatable bonds is 9. The van der Waals surface area contributed by atoms with Gasteiger partial charge in [-0.15, -0.1) is 0 Å². The summed E-state index contributed by atoms with van der Waals surface area (Å²) < 4.78 is 46.2. The van der Waals surface area contributed by atoms with Crippen molar-refractivity contribution < 1.29 is 32.6 Å². The van der Waals surface area contributed by atoms with Crippen molar-refractivity contribution in [3.63, 3.8) is 0 Å². The van der Waals surface area contributed by atoms with Crippen LogP contribution in [0.25, 0.3) is 21.9 Å². The molecular weight excluding hydrogens is 617 g/mol. The molecule has 2 aromatic heterocycles. The quantitative estimate of drug-likeness (QED) is 0.167. The number of carbonyl (C=O) groups excluding carboxylic acids is 2. The van der Waals surface area contributed by atoms with Gasteiger partial charge in [-0.2, -0.15) is 23.1 Å². The highest BCUT2D eigenvalue weighted by Crippen LogP contribution is 2.38. The van der Waals surface area contributed by atoms with Crippen molar-refractivity contribution in [2.75, 3.05) is 10.6 Å². The third-order valence-corrected chi connectivity index (χ3v) is 8.98. The van der Waals surface area contributed by atoms with Gasteiger partial charge in [-0.25, -0.2) is 9.78 Å². The van der Waals surface area contributed by atoms with E-state index in [1.54, 1.807) is 6.92 Å². The molecule has 2 aliphatic carbocycles. The van der Waals surface area contributed by atoms with Gasteiger partial charge in [-0.3, -0.25) is 4.79 Å². The fraction of sp³-hybridized carbons (Fsp3) is 0.469. The molecule has 1 amide bonds. The van der Waals surface area contributed by atoms with E-state index in [9.17, 15) is 27.9 Å². The van der Waals surface area contributed by atoms with Crippen molar-refractivity contribution in [2.24, 2.45) is 5.73 Å². The van der Waals surface area contributed by atoms with Crippen molar-refractivity contribution in [2.45, 2.75) is 94.5 Å². The van der Waals surface area contributed by atoms with Gasteiger partial charge in [-0.1, -0.05) is 49.4 Å². The van der Waals surface area contributed by atoms with Crippen molar-refractivity contribution in [3.8, 4) is 0 Å². The van der Waals surface area contributed by atoms with Gasteiger partial charge in [0.2, 0.25) is 11.9 Å². The molecule has 12 nitrogen and oxygen atoms in total. The number of nitrogens with two attached hydrogens (primary N) is 1. The number of aliphatic hydroxyl groups is 1. The van der Waals surface area contributed by atoms with Gasteiger partial charge in [-0.05, 0) is 48.4 Å². The van der Waals surface area contributed by atoms with Crippen LogP contribution in [0.5, 0.6) is 0 Å². The van der Waals surface area contributed by atoms with E-state index >= 15 is 0 Å². The van der Waals surface area contributed by atoms with Crippen molar-refractivity contribution in [1.29, 1.82) is 0 Å². The molecule has 15 heteroatoms. The third-order valence-electron chi connectivity index (χ3n) is 8.98. The highest BCUT2D eigenvalue weighted by atomic mass is 19.4. The summed E-state index contributed by atoms with van der Waals surface area (Å²) in [5, 5.41) is 22.6. The molecule has 4 atom stereocenters. The zero-order valence-corrected chi connectivity index (χ0v) is 25.7.